The molecule has 0 spiro atoms. The van der Waals surface area contributed by atoms with Gasteiger partial charge in [0, 0.05) is 41.1 Å². The lowest BCUT2D eigenvalue weighted by atomic mass is 10.0. The van der Waals surface area contributed by atoms with Crippen LogP contribution in [0.5, 0.6) is 0 Å². The normalized spacial score (nSPS) is 21.4. The van der Waals surface area contributed by atoms with Gasteiger partial charge in [0.25, 0.3) is 5.56 Å². The minimum atomic E-state index is -0.819. The number of Topliss-reactive ketones (excluding diaryl/α,β-unsaturated/α-hetero) is 1. The van der Waals surface area contributed by atoms with Crippen LogP contribution in [0.4, 0.5) is 0 Å². The van der Waals surface area contributed by atoms with E-state index in [0.29, 0.717) is 34.0 Å². The third kappa shape index (κ3) is 4.98. The quantitative estimate of drug-likeness (QED) is 0.688. The summed E-state index contributed by atoms with van der Waals surface area (Å²) in [5, 5.41) is 11.2. The van der Waals surface area contributed by atoms with Crippen molar-refractivity contribution in [1.29, 1.82) is 0 Å². The number of H-pyrrole nitrogens is 1. The zero-order valence-corrected chi connectivity index (χ0v) is 17.4. The van der Waals surface area contributed by atoms with Crippen LogP contribution in [0.2, 0.25) is 10.0 Å². The van der Waals surface area contributed by atoms with E-state index >= 15 is 0 Å². The Morgan fingerprint density at radius 3 is 2.66 bits per heavy atom. The van der Waals surface area contributed by atoms with Crippen molar-refractivity contribution in [2.75, 3.05) is 0 Å². The molecule has 9 heteroatoms. The van der Waals surface area contributed by atoms with Crippen molar-refractivity contribution in [3.05, 3.63) is 66.4 Å². The van der Waals surface area contributed by atoms with Crippen LogP contribution in [0, 0.1) is 0 Å². The van der Waals surface area contributed by atoms with Crippen LogP contribution in [0.3, 0.4) is 0 Å². The van der Waals surface area contributed by atoms with Gasteiger partial charge in [-0.25, -0.2) is 4.79 Å². The molecule has 0 unspecified atom stereocenters. The van der Waals surface area contributed by atoms with Crippen LogP contribution in [0.25, 0.3) is 0 Å². The number of hydrogen-bond donors (Lipinski definition) is 2. The third-order valence-corrected chi connectivity index (χ3v) is 5.79. The van der Waals surface area contributed by atoms with Crippen molar-refractivity contribution >= 4 is 29.0 Å². The van der Waals surface area contributed by atoms with E-state index in [2.05, 4.69) is 4.98 Å². The van der Waals surface area contributed by atoms with Crippen LogP contribution >= 0.6 is 23.2 Å². The van der Waals surface area contributed by atoms with E-state index < -0.39 is 29.7 Å². The minimum absolute atomic E-state index is 0.0753. The Labute approximate surface area is 177 Å². The van der Waals surface area contributed by atoms with Gasteiger partial charge in [0.15, 0.2) is 0 Å². The summed E-state index contributed by atoms with van der Waals surface area (Å²) < 4.78 is 7.10. The number of aromatic nitrogens is 2. The van der Waals surface area contributed by atoms with Gasteiger partial charge in [-0.1, -0.05) is 36.2 Å². The molecule has 156 valence electrons. The van der Waals surface area contributed by atoms with Gasteiger partial charge in [-0.15, -0.1) is 0 Å². The molecule has 2 heterocycles. The highest BCUT2D eigenvalue weighted by Gasteiger charge is 2.35. The summed E-state index contributed by atoms with van der Waals surface area (Å²) in [6.45, 7) is 1.81. The lowest BCUT2D eigenvalue weighted by Gasteiger charge is -2.16. The second-order valence-electron chi connectivity index (χ2n) is 7.06. The summed E-state index contributed by atoms with van der Waals surface area (Å²) >= 11 is 12.2. The maximum Gasteiger partial charge on any atom is 0.330 e. The Morgan fingerprint density at radius 2 is 2.00 bits per heavy atom. The zero-order valence-electron chi connectivity index (χ0n) is 15.9. The maximum atomic E-state index is 12.4. The van der Waals surface area contributed by atoms with Crippen LogP contribution in [0.15, 0.2) is 34.0 Å². The Hall–Kier alpha value is -1.93. The fourth-order valence-electron chi connectivity index (χ4n) is 3.43. The van der Waals surface area contributed by atoms with Gasteiger partial charge in [-0.3, -0.25) is 19.1 Å². The fourth-order valence-corrected chi connectivity index (χ4v) is 3.96. The molecule has 1 aromatic carbocycles. The second-order valence-corrected chi connectivity index (χ2v) is 7.88. The minimum Gasteiger partial charge on any atom is -0.390 e. The molecule has 29 heavy (non-hydrogen) atoms. The summed E-state index contributed by atoms with van der Waals surface area (Å²) in [7, 11) is 0. The molecule has 1 aliphatic heterocycles. The molecule has 7 nitrogen and oxygen atoms in total. The number of benzene rings is 1. The molecule has 0 aliphatic carbocycles. The average Bonchev–Trinajstić information content (AvgIpc) is 3.03. The number of nitrogens with one attached hydrogen (secondary N) is 1. The number of carbonyl (C=O) groups excluding carboxylic acids is 1. The van der Waals surface area contributed by atoms with Gasteiger partial charge in [-0.2, -0.15) is 0 Å². The standard InChI is InChI=1S/C20H22Cl2N2O5/c1-2-11-10-24(20(28)23-19(11)27)18-9-16(26)17(29-18)7-6-12(25)8-13-14(21)4-3-5-15(13)22/h3-5,10,16-18,26H,2,6-9H2,1H3,(H,23,27,28)/t16-,17+,18+/m0/s1. The van der Waals surface area contributed by atoms with Crippen molar-refractivity contribution in [2.24, 2.45) is 0 Å². The molecule has 1 saturated heterocycles. The number of carbonyl (C=O) groups is 1. The predicted octanol–water partition coefficient (Wildman–Crippen LogP) is 2.65. The highest BCUT2D eigenvalue weighted by Crippen LogP contribution is 2.31. The Morgan fingerprint density at radius 1 is 1.31 bits per heavy atom. The fraction of sp³-hybridized carbons (Fsp3) is 0.450. The summed E-state index contributed by atoms with van der Waals surface area (Å²) in [6, 6.07) is 5.07. The van der Waals surface area contributed by atoms with Gasteiger partial charge in [-0.05, 0) is 30.5 Å². The molecule has 3 atom stereocenters. The molecule has 2 aromatic rings. The lowest BCUT2D eigenvalue weighted by Crippen LogP contribution is -2.34. The van der Waals surface area contributed by atoms with E-state index in [9.17, 15) is 19.5 Å². The molecule has 0 saturated carbocycles. The van der Waals surface area contributed by atoms with E-state index in [1.165, 1.54) is 10.8 Å². The van der Waals surface area contributed by atoms with E-state index in [-0.39, 0.29) is 25.0 Å². The first kappa shape index (κ1) is 21.8. The highest BCUT2D eigenvalue weighted by atomic mass is 35.5. The van der Waals surface area contributed by atoms with Crippen molar-refractivity contribution in [3.8, 4) is 0 Å². The van der Waals surface area contributed by atoms with Gasteiger partial charge in [0.2, 0.25) is 0 Å². The molecule has 0 radical (unpaired) electrons. The molecule has 1 aromatic heterocycles. The number of ketones is 1. The van der Waals surface area contributed by atoms with Crippen molar-refractivity contribution < 1.29 is 14.6 Å². The third-order valence-electron chi connectivity index (χ3n) is 5.08. The molecule has 2 N–H and O–H groups in total. The first-order valence-corrected chi connectivity index (χ1v) is 10.2. The second kappa shape index (κ2) is 9.26. The van der Waals surface area contributed by atoms with E-state index in [1.54, 1.807) is 18.2 Å². The Balaban J connectivity index is 1.63. The summed E-state index contributed by atoms with van der Waals surface area (Å²) in [6.07, 6.45) is 0.606. The lowest BCUT2D eigenvalue weighted by molar-refractivity contribution is -0.119. The summed E-state index contributed by atoms with van der Waals surface area (Å²) in [5.41, 5.74) is 0.0265. The van der Waals surface area contributed by atoms with Gasteiger partial charge >= 0.3 is 5.69 Å². The number of aliphatic hydroxyl groups excluding tert-OH is 1. The molecule has 3 rings (SSSR count). The van der Waals surface area contributed by atoms with Crippen LogP contribution in [-0.2, 0) is 22.4 Å². The molecular formula is C20H22Cl2N2O5. The molecular weight excluding hydrogens is 419 g/mol. The van der Waals surface area contributed by atoms with Crippen LogP contribution in [0.1, 0.15) is 43.5 Å². The average molecular weight is 441 g/mol. The zero-order chi connectivity index (χ0) is 21.1. The van der Waals surface area contributed by atoms with Crippen LogP contribution < -0.4 is 11.2 Å². The smallest absolute Gasteiger partial charge is 0.330 e. The Bertz CT molecular complexity index is 996. The molecule has 0 amide bonds. The number of ether oxygens (including phenoxy) is 1. The largest absolute Gasteiger partial charge is 0.390 e. The number of aliphatic hydroxyl groups is 1. The van der Waals surface area contributed by atoms with Crippen molar-refractivity contribution in [1.82, 2.24) is 9.55 Å². The summed E-state index contributed by atoms with van der Waals surface area (Å²) in [4.78, 5) is 38.5. The number of aryl methyl sites for hydroxylation is 1. The number of hydrogen-bond acceptors (Lipinski definition) is 5. The number of halogens is 2. The first-order chi connectivity index (χ1) is 13.8. The van der Waals surface area contributed by atoms with Gasteiger partial charge < -0.3 is 9.84 Å². The van der Waals surface area contributed by atoms with Gasteiger partial charge in [0.05, 0.1) is 12.2 Å². The molecule has 0 bridgehead atoms. The Kier molecular flexibility index (Phi) is 6.95. The number of nitrogens with zero attached hydrogens (tertiary/aromatic N) is 1. The molecule has 1 fully saturated rings. The van der Waals surface area contributed by atoms with Gasteiger partial charge in [0.1, 0.15) is 12.0 Å². The summed E-state index contributed by atoms with van der Waals surface area (Å²) in [5.74, 6) is -0.0753. The maximum absolute atomic E-state index is 12.4. The number of aromatic amines is 1. The van der Waals surface area contributed by atoms with Crippen molar-refractivity contribution in [2.45, 2.75) is 57.5 Å². The monoisotopic (exact) mass is 440 g/mol. The van der Waals surface area contributed by atoms with E-state index in [1.807, 2.05) is 6.92 Å². The van der Waals surface area contributed by atoms with Crippen LogP contribution in [-0.4, -0.2) is 32.6 Å². The van der Waals surface area contributed by atoms with Crippen molar-refractivity contribution in [3.63, 3.8) is 0 Å². The SMILES string of the molecule is CCc1cn([C@H]2C[C@H](O)[C@@H](CCC(=O)Cc3c(Cl)cccc3Cl)O2)c(=O)[nH]c1=O. The first-order valence-electron chi connectivity index (χ1n) is 9.42. The molecule has 1 aliphatic rings. The van der Waals surface area contributed by atoms with E-state index in [0.717, 1.165) is 0 Å². The predicted molar refractivity (Wildman–Crippen MR) is 110 cm³/mol. The van der Waals surface area contributed by atoms with E-state index in [4.69, 9.17) is 27.9 Å². The highest BCUT2D eigenvalue weighted by molar-refractivity contribution is 6.36. The number of rotatable bonds is 7. The topological polar surface area (TPSA) is 101 Å².